The summed E-state index contributed by atoms with van der Waals surface area (Å²) in [6, 6.07) is 10.9. The zero-order valence-electron chi connectivity index (χ0n) is 15.0. The summed E-state index contributed by atoms with van der Waals surface area (Å²) in [4.78, 5) is 16.4. The molecule has 7 nitrogen and oxygen atoms in total. The molecule has 3 rings (SSSR count). The number of hydrogen-bond acceptors (Lipinski definition) is 6. The first-order valence-corrected chi connectivity index (χ1v) is 8.38. The Balaban J connectivity index is 1.53. The molecule has 1 amide bonds. The highest BCUT2D eigenvalue weighted by Gasteiger charge is 2.15. The number of aromatic nitrogens is 2. The number of amides is 1. The predicted octanol–water partition coefficient (Wildman–Crippen LogP) is 3.46. The molecule has 1 N–H and O–H groups in total. The number of benzene rings is 1. The van der Waals surface area contributed by atoms with Gasteiger partial charge in [0.15, 0.2) is 0 Å². The average Bonchev–Trinajstić information content (AvgIpc) is 3.29. The first kappa shape index (κ1) is 17.7. The van der Waals surface area contributed by atoms with Crippen LogP contribution in [-0.4, -0.2) is 23.2 Å². The van der Waals surface area contributed by atoms with Crippen LogP contribution in [0.15, 0.2) is 45.3 Å². The van der Waals surface area contributed by atoms with Gasteiger partial charge in [-0.05, 0) is 50.2 Å². The fourth-order valence-corrected chi connectivity index (χ4v) is 2.51. The summed E-state index contributed by atoms with van der Waals surface area (Å²) in [6.45, 7) is 3.75. The van der Waals surface area contributed by atoms with Gasteiger partial charge in [0.1, 0.15) is 17.3 Å². The van der Waals surface area contributed by atoms with Crippen LogP contribution in [0.25, 0.3) is 11.4 Å². The fourth-order valence-electron chi connectivity index (χ4n) is 2.51. The van der Waals surface area contributed by atoms with Crippen LogP contribution in [0, 0.1) is 6.92 Å². The van der Waals surface area contributed by atoms with Crippen molar-refractivity contribution in [3.05, 3.63) is 53.8 Å². The van der Waals surface area contributed by atoms with Crippen molar-refractivity contribution in [2.24, 2.45) is 0 Å². The third-order valence-corrected chi connectivity index (χ3v) is 3.95. The summed E-state index contributed by atoms with van der Waals surface area (Å²) >= 11 is 0. The zero-order chi connectivity index (χ0) is 18.5. The third kappa shape index (κ3) is 4.30. The van der Waals surface area contributed by atoms with Gasteiger partial charge in [0.05, 0.1) is 13.2 Å². The number of carbonyl (C=O) groups is 1. The lowest BCUT2D eigenvalue weighted by Gasteiger charge is -2.10. The summed E-state index contributed by atoms with van der Waals surface area (Å²) in [7, 11) is 1.61. The van der Waals surface area contributed by atoms with Crippen LogP contribution in [-0.2, 0) is 11.2 Å². The second kappa shape index (κ2) is 7.86. The van der Waals surface area contributed by atoms with E-state index in [4.69, 9.17) is 13.7 Å². The van der Waals surface area contributed by atoms with Crippen molar-refractivity contribution in [1.29, 1.82) is 0 Å². The molecule has 0 spiro atoms. The van der Waals surface area contributed by atoms with E-state index in [1.165, 1.54) is 0 Å². The third-order valence-electron chi connectivity index (χ3n) is 3.95. The monoisotopic (exact) mass is 355 g/mol. The van der Waals surface area contributed by atoms with Crippen LogP contribution >= 0.6 is 0 Å². The normalized spacial score (nSPS) is 12.0. The van der Waals surface area contributed by atoms with Gasteiger partial charge in [-0.3, -0.25) is 4.79 Å². The zero-order valence-corrected chi connectivity index (χ0v) is 15.0. The predicted molar refractivity (Wildman–Crippen MR) is 94.6 cm³/mol. The SMILES string of the molecule is COc1ccc(-c2noc(CCC(=O)NC(C)c3ccc(C)o3)n2)cc1. The first-order valence-electron chi connectivity index (χ1n) is 8.38. The number of methoxy groups -OCH3 is 1. The highest BCUT2D eigenvalue weighted by molar-refractivity contribution is 5.76. The summed E-state index contributed by atoms with van der Waals surface area (Å²) < 4.78 is 15.9. The molecular weight excluding hydrogens is 334 g/mol. The molecule has 0 aliphatic carbocycles. The molecule has 0 aliphatic rings. The van der Waals surface area contributed by atoms with E-state index < -0.39 is 0 Å². The van der Waals surface area contributed by atoms with Gasteiger partial charge in [0.2, 0.25) is 17.6 Å². The van der Waals surface area contributed by atoms with Crippen molar-refractivity contribution in [1.82, 2.24) is 15.5 Å². The van der Waals surface area contributed by atoms with Crippen molar-refractivity contribution in [3.63, 3.8) is 0 Å². The Morgan fingerprint density at radius 2 is 2.00 bits per heavy atom. The number of aryl methyl sites for hydroxylation is 2. The van der Waals surface area contributed by atoms with E-state index in [9.17, 15) is 4.79 Å². The molecule has 0 bridgehead atoms. The minimum atomic E-state index is -0.186. The Morgan fingerprint density at radius 3 is 2.65 bits per heavy atom. The molecule has 0 saturated carbocycles. The van der Waals surface area contributed by atoms with E-state index in [1.54, 1.807) is 7.11 Å². The number of hydrogen-bond donors (Lipinski definition) is 1. The van der Waals surface area contributed by atoms with E-state index in [-0.39, 0.29) is 18.4 Å². The van der Waals surface area contributed by atoms with Crippen LogP contribution in [0.3, 0.4) is 0 Å². The molecule has 7 heteroatoms. The van der Waals surface area contributed by atoms with E-state index in [2.05, 4.69) is 15.5 Å². The lowest BCUT2D eigenvalue weighted by atomic mass is 10.2. The molecule has 26 heavy (non-hydrogen) atoms. The fraction of sp³-hybridized carbons (Fsp3) is 0.316. The van der Waals surface area contributed by atoms with Gasteiger partial charge in [-0.15, -0.1) is 0 Å². The second-order valence-electron chi connectivity index (χ2n) is 5.98. The molecule has 1 atom stereocenters. The molecule has 2 aromatic heterocycles. The van der Waals surface area contributed by atoms with Gasteiger partial charge in [-0.25, -0.2) is 0 Å². The molecule has 0 radical (unpaired) electrons. The van der Waals surface area contributed by atoms with Crippen molar-refractivity contribution in [2.45, 2.75) is 32.7 Å². The van der Waals surface area contributed by atoms with E-state index in [0.717, 1.165) is 22.8 Å². The lowest BCUT2D eigenvalue weighted by Crippen LogP contribution is -2.26. The second-order valence-corrected chi connectivity index (χ2v) is 5.98. The van der Waals surface area contributed by atoms with Crippen molar-refractivity contribution in [3.8, 4) is 17.1 Å². The number of carbonyl (C=O) groups excluding carboxylic acids is 1. The Morgan fingerprint density at radius 1 is 1.23 bits per heavy atom. The Labute approximate surface area is 151 Å². The molecule has 3 aromatic rings. The van der Waals surface area contributed by atoms with Crippen LogP contribution < -0.4 is 10.1 Å². The Hall–Kier alpha value is -3.09. The topological polar surface area (TPSA) is 90.4 Å². The molecule has 0 saturated heterocycles. The number of rotatable bonds is 7. The van der Waals surface area contributed by atoms with Crippen LogP contribution in [0.5, 0.6) is 5.75 Å². The molecule has 1 unspecified atom stereocenters. The maximum absolute atomic E-state index is 12.1. The van der Waals surface area contributed by atoms with Gasteiger partial charge in [-0.1, -0.05) is 5.16 Å². The Bertz CT molecular complexity index is 867. The van der Waals surface area contributed by atoms with Crippen LogP contribution in [0.4, 0.5) is 0 Å². The maximum Gasteiger partial charge on any atom is 0.227 e. The van der Waals surface area contributed by atoms with E-state index in [0.29, 0.717) is 18.1 Å². The molecule has 2 heterocycles. The minimum Gasteiger partial charge on any atom is -0.497 e. The average molecular weight is 355 g/mol. The van der Waals surface area contributed by atoms with Gasteiger partial charge in [0.25, 0.3) is 0 Å². The van der Waals surface area contributed by atoms with Gasteiger partial charge in [0, 0.05) is 18.4 Å². The highest BCUT2D eigenvalue weighted by Crippen LogP contribution is 2.20. The maximum atomic E-state index is 12.1. The Kier molecular flexibility index (Phi) is 5.36. The summed E-state index contributed by atoms with van der Waals surface area (Å²) in [5.74, 6) is 3.12. The molecule has 0 aliphatic heterocycles. The molecule has 136 valence electrons. The molecular formula is C19H21N3O4. The van der Waals surface area contributed by atoms with Crippen molar-refractivity contribution >= 4 is 5.91 Å². The number of furan rings is 1. The van der Waals surface area contributed by atoms with E-state index >= 15 is 0 Å². The van der Waals surface area contributed by atoms with Crippen LogP contribution in [0.1, 0.15) is 36.8 Å². The molecule has 0 fully saturated rings. The van der Waals surface area contributed by atoms with Crippen molar-refractivity contribution < 1.29 is 18.5 Å². The quantitative estimate of drug-likeness (QED) is 0.698. The summed E-state index contributed by atoms with van der Waals surface area (Å²) in [5, 5.41) is 6.85. The standard InChI is InChI=1S/C19H21N3O4/c1-12-4-9-16(25-12)13(2)20-17(23)10-11-18-21-19(22-26-18)14-5-7-15(24-3)8-6-14/h4-9,13H,10-11H2,1-3H3,(H,20,23). The summed E-state index contributed by atoms with van der Waals surface area (Å²) in [5.41, 5.74) is 0.826. The smallest absolute Gasteiger partial charge is 0.227 e. The lowest BCUT2D eigenvalue weighted by molar-refractivity contribution is -0.121. The summed E-state index contributed by atoms with van der Waals surface area (Å²) in [6.07, 6.45) is 0.632. The van der Waals surface area contributed by atoms with Gasteiger partial charge < -0.3 is 19.0 Å². The molecule has 1 aromatic carbocycles. The van der Waals surface area contributed by atoms with Crippen molar-refractivity contribution in [2.75, 3.05) is 7.11 Å². The first-order chi connectivity index (χ1) is 12.5. The van der Waals surface area contributed by atoms with Crippen LogP contribution in [0.2, 0.25) is 0 Å². The number of ether oxygens (including phenoxy) is 1. The van der Waals surface area contributed by atoms with Gasteiger partial charge in [-0.2, -0.15) is 4.98 Å². The number of nitrogens with one attached hydrogen (secondary N) is 1. The van der Waals surface area contributed by atoms with Gasteiger partial charge >= 0.3 is 0 Å². The number of nitrogens with zero attached hydrogens (tertiary/aromatic N) is 2. The minimum absolute atomic E-state index is 0.101. The highest BCUT2D eigenvalue weighted by atomic mass is 16.5. The van der Waals surface area contributed by atoms with E-state index in [1.807, 2.05) is 50.2 Å². The largest absolute Gasteiger partial charge is 0.497 e.